The third-order valence-corrected chi connectivity index (χ3v) is 2.94. The Kier molecular flexibility index (Phi) is 5.40. The second kappa shape index (κ2) is 7.69. The van der Waals surface area contributed by atoms with Crippen LogP contribution in [-0.4, -0.2) is 24.2 Å². The lowest BCUT2D eigenvalue weighted by Crippen LogP contribution is -2.01. The summed E-state index contributed by atoms with van der Waals surface area (Å²) in [5, 5.41) is 14.4. The number of nitro benzene ring substituents is 1. The van der Waals surface area contributed by atoms with Crippen LogP contribution in [-0.2, 0) is 16.2 Å². The number of non-ortho nitro benzene ring substituents is 1. The van der Waals surface area contributed by atoms with E-state index in [4.69, 9.17) is 4.84 Å². The number of benzene rings is 2. The molecule has 0 spiro atoms. The summed E-state index contributed by atoms with van der Waals surface area (Å²) in [7, 11) is 1.31. The van der Waals surface area contributed by atoms with Crippen molar-refractivity contribution < 1.29 is 19.3 Å². The van der Waals surface area contributed by atoms with Crippen molar-refractivity contribution in [1.82, 2.24) is 0 Å². The Labute approximate surface area is 132 Å². The van der Waals surface area contributed by atoms with Crippen LogP contribution in [0.4, 0.5) is 5.69 Å². The van der Waals surface area contributed by atoms with Gasteiger partial charge in [-0.15, -0.1) is 0 Å². The van der Waals surface area contributed by atoms with Crippen molar-refractivity contribution in [3.05, 3.63) is 75.3 Å². The van der Waals surface area contributed by atoms with Gasteiger partial charge in [0, 0.05) is 17.7 Å². The second-order valence-corrected chi connectivity index (χ2v) is 4.55. The van der Waals surface area contributed by atoms with Crippen molar-refractivity contribution in [2.45, 2.75) is 6.61 Å². The number of oxime groups is 1. The molecule has 0 radical (unpaired) electrons. The molecule has 0 aromatic heterocycles. The molecule has 0 N–H and O–H groups in total. The first-order valence-electron chi connectivity index (χ1n) is 6.67. The molecule has 0 aliphatic heterocycles. The minimum atomic E-state index is -0.476. The molecular weight excluding hydrogens is 300 g/mol. The highest BCUT2D eigenvalue weighted by molar-refractivity contribution is 5.89. The average molecular weight is 314 g/mol. The van der Waals surface area contributed by atoms with E-state index in [1.165, 1.54) is 25.5 Å². The molecule has 2 aromatic carbocycles. The summed E-state index contributed by atoms with van der Waals surface area (Å²) >= 11 is 0. The molecule has 0 saturated carbocycles. The van der Waals surface area contributed by atoms with Crippen LogP contribution < -0.4 is 0 Å². The molecule has 0 amide bonds. The van der Waals surface area contributed by atoms with Crippen molar-refractivity contribution in [2.75, 3.05) is 7.11 Å². The minimum absolute atomic E-state index is 0.0141. The summed E-state index contributed by atoms with van der Waals surface area (Å²) < 4.78 is 4.64. The van der Waals surface area contributed by atoms with Crippen molar-refractivity contribution in [3.8, 4) is 0 Å². The molecule has 0 aliphatic rings. The summed E-state index contributed by atoms with van der Waals surface area (Å²) in [4.78, 5) is 26.8. The van der Waals surface area contributed by atoms with Crippen molar-refractivity contribution in [2.24, 2.45) is 5.16 Å². The molecule has 0 fully saturated rings. The Morgan fingerprint density at radius 2 is 2.04 bits per heavy atom. The number of hydrogen-bond donors (Lipinski definition) is 0. The molecule has 7 heteroatoms. The number of nitrogens with zero attached hydrogens (tertiary/aromatic N) is 2. The number of carbonyl (C=O) groups excluding carboxylic acids is 1. The maximum atomic E-state index is 11.4. The number of ether oxygens (including phenoxy) is 1. The van der Waals surface area contributed by atoms with Gasteiger partial charge >= 0.3 is 5.97 Å². The fourth-order valence-electron chi connectivity index (χ4n) is 1.83. The van der Waals surface area contributed by atoms with Gasteiger partial charge in [0.05, 0.1) is 23.8 Å². The number of methoxy groups -OCH3 is 1. The number of rotatable bonds is 6. The number of esters is 1. The number of carbonyl (C=O) groups is 1. The molecule has 0 heterocycles. The lowest BCUT2D eigenvalue weighted by atomic mass is 10.1. The first kappa shape index (κ1) is 16.2. The Hall–Kier alpha value is -3.22. The largest absolute Gasteiger partial charge is 0.465 e. The standard InChI is InChI=1S/C16H14N2O5/c1-22-16(19)14-6-2-5-13(8-14)11-23-17-10-12-4-3-7-15(9-12)18(20)21/h2-10H,11H2,1H3/b17-10+. The zero-order valence-electron chi connectivity index (χ0n) is 12.3. The van der Waals surface area contributed by atoms with Crippen LogP contribution >= 0.6 is 0 Å². The van der Waals surface area contributed by atoms with Crippen LogP contribution in [0.25, 0.3) is 0 Å². The molecule has 0 bridgehead atoms. The molecule has 23 heavy (non-hydrogen) atoms. The van der Waals surface area contributed by atoms with Crippen LogP contribution in [0.5, 0.6) is 0 Å². The van der Waals surface area contributed by atoms with E-state index >= 15 is 0 Å². The molecule has 0 saturated heterocycles. The summed E-state index contributed by atoms with van der Waals surface area (Å²) in [6, 6.07) is 12.8. The van der Waals surface area contributed by atoms with Crippen LogP contribution in [0.1, 0.15) is 21.5 Å². The number of nitro groups is 1. The van der Waals surface area contributed by atoms with Gasteiger partial charge in [-0.2, -0.15) is 0 Å². The Morgan fingerprint density at radius 3 is 2.78 bits per heavy atom. The first-order chi connectivity index (χ1) is 11.1. The zero-order valence-corrected chi connectivity index (χ0v) is 12.3. The van der Waals surface area contributed by atoms with Gasteiger partial charge in [0.1, 0.15) is 6.61 Å². The van der Waals surface area contributed by atoms with E-state index in [0.29, 0.717) is 11.1 Å². The molecule has 7 nitrogen and oxygen atoms in total. The van der Waals surface area contributed by atoms with E-state index in [1.807, 2.05) is 0 Å². The van der Waals surface area contributed by atoms with Gasteiger partial charge in [-0.3, -0.25) is 10.1 Å². The fourth-order valence-corrected chi connectivity index (χ4v) is 1.83. The summed E-state index contributed by atoms with van der Waals surface area (Å²) in [5.41, 5.74) is 1.72. The molecular formula is C16H14N2O5. The number of hydrogen-bond acceptors (Lipinski definition) is 6. The van der Waals surface area contributed by atoms with E-state index in [0.717, 1.165) is 5.56 Å². The molecule has 0 aliphatic carbocycles. The third-order valence-electron chi connectivity index (χ3n) is 2.94. The molecule has 0 atom stereocenters. The highest BCUT2D eigenvalue weighted by atomic mass is 16.6. The Bertz CT molecular complexity index is 743. The van der Waals surface area contributed by atoms with Crippen molar-refractivity contribution in [1.29, 1.82) is 0 Å². The smallest absolute Gasteiger partial charge is 0.337 e. The SMILES string of the molecule is COC(=O)c1cccc(CO/N=C/c2cccc([N+](=O)[O-])c2)c1. The van der Waals surface area contributed by atoms with Gasteiger partial charge < -0.3 is 9.57 Å². The summed E-state index contributed by atoms with van der Waals surface area (Å²) in [6.07, 6.45) is 1.39. The van der Waals surface area contributed by atoms with Crippen LogP contribution in [0.3, 0.4) is 0 Å². The van der Waals surface area contributed by atoms with Gasteiger partial charge in [-0.1, -0.05) is 29.4 Å². The van der Waals surface area contributed by atoms with Crippen molar-refractivity contribution >= 4 is 17.9 Å². The lowest BCUT2D eigenvalue weighted by molar-refractivity contribution is -0.384. The third kappa shape index (κ3) is 4.63. The van der Waals surface area contributed by atoms with Gasteiger partial charge in [-0.25, -0.2) is 4.79 Å². The van der Waals surface area contributed by atoms with Gasteiger partial charge in [0.25, 0.3) is 5.69 Å². The lowest BCUT2D eigenvalue weighted by Gasteiger charge is -2.03. The minimum Gasteiger partial charge on any atom is -0.465 e. The predicted octanol–water partition coefficient (Wildman–Crippen LogP) is 2.93. The van der Waals surface area contributed by atoms with E-state index in [2.05, 4.69) is 9.89 Å². The Balaban J connectivity index is 1.95. The Morgan fingerprint density at radius 1 is 1.26 bits per heavy atom. The second-order valence-electron chi connectivity index (χ2n) is 4.55. The van der Waals surface area contributed by atoms with E-state index in [1.54, 1.807) is 36.4 Å². The highest BCUT2D eigenvalue weighted by Crippen LogP contribution is 2.12. The topological polar surface area (TPSA) is 91.0 Å². The summed E-state index contributed by atoms with van der Waals surface area (Å²) in [6.45, 7) is 0.163. The average Bonchev–Trinajstić information content (AvgIpc) is 2.58. The maximum Gasteiger partial charge on any atom is 0.337 e. The van der Waals surface area contributed by atoms with E-state index in [9.17, 15) is 14.9 Å². The van der Waals surface area contributed by atoms with Gasteiger partial charge in [0.15, 0.2) is 0 Å². The first-order valence-corrected chi connectivity index (χ1v) is 6.67. The van der Waals surface area contributed by atoms with Gasteiger partial charge in [-0.05, 0) is 17.7 Å². The molecule has 0 unspecified atom stereocenters. The quantitative estimate of drug-likeness (QED) is 0.354. The molecule has 2 aromatic rings. The van der Waals surface area contributed by atoms with E-state index < -0.39 is 10.9 Å². The highest BCUT2D eigenvalue weighted by Gasteiger charge is 2.06. The normalized spacial score (nSPS) is 10.5. The maximum absolute atomic E-state index is 11.4. The zero-order chi connectivity index (χ0) is 16.7. The van der Waals surface area contributed by atoms with Crippen LogP contribution in [0, 0.1) is 10.1 Å². The fraction of sp³-hybridized carbons (Fsp3) is 0.125. The van der Waals surface area contributed by atoms with Crippen molar-refractivity contribution in [3.63, 3.8) is 0 Å². The summed E-state index contributed by atoms with van der Waals surface area (Å²) in [5.74, 6) is -0.424. The monoisotopic (exact) mass is 314 g/mol. The van der Waals surface area contributed by atoms with Crippen LogP contribution in [0.15, 0.2) is 53.7 Å². The predicted molar refractivity (Wildman–Crippen MR) is 83.3 cm³/mol. The van der Waals surface area contributed by atoms with E-state index in [-0.39, 0.29) is 12.3 Å². The molecule has 118 valence electrons. The van der Waals surface area contributed by atoms with Gasteiger partial charge in [0.2, 0.25) is 0 Å². The molecule has 2 rings (SSSR count). The van der Waals surface area contributed by atoms with Crippen LogP contribution in [0.2, 0.25) is 0 Å².